The van der Waals surface area contributed by atoms with Gasteiger partial charge < -0.3 is 10.4 Å². The third kappa shape index (κ3) is 3.62. The molecule has 1 saturated carbocycles. The van der Waals surface area contributed by atoms with Crippen molar-refractivity contribution in [2.24, 2.45) is 0 Å². The van der Waals surface area contributed by atoms with E-state index in [1.165, 1.54) is 23.5 Å². The summed E-state index contributed by atoms with van der Waals surface area (Å²) in [5.41, 5.74) is 0.472. The lowest BCUT2D eigenvalue weighted by atomic mass is 9.76. The van der Waals surface area contributed by atoms with Crippen molar-refractivity contribution in [3.63, 3.8) is 0 Å². The summed E-state index contributed by atoms with van der Waals surface area (Å²) >= 11 is 1.43. The van der Waals surface area contributed by atoms with Crippen LogP contribution in [0.5, 0.6) is 0 Å². The first-order valence-corrected chi connectivity index (χ1v) is 8.57. The van der Waals surface area contributed by atoms with E-state index < -0.39 is 11.5 Å². The van der Waals surface area contributed by atoms with Crippen LogP contribution in [0.4, 0.5) is 4.39 Å². The molecule has 1 aliphatic rings. The number of hydrogen-bond donors (Lipinski definition) is 2. The minimum atomic E-state index is -1.09. The number of nitrogens with zero attached hydrogens (tertiary/aromatic N) is 1. The van der Waals surface area contributed by atoms with Crippen molar-refractivity contribution in [2.75, 3.05) is 0 Å². The number of amides is 1. The number of rotatable bonds is 6. The summed E-state index contributed by atoms with van der Waals surface area (Å²) in [5.74, 6) is -1.58. The molecule has 1 amide bonds. The Morgan fingerprint density at radius 1 is 1.29 bits per heavy atom. The fourth-order valence-corrected chi connectivity index (χ4v) is 3.51. The second kappa shape index (κ2) is 6.68. The van der Waals surface area contributed by atoms with Crippen molar-refractivity contribution in [3.8, 4) is 0 Å². The number of nitrogens with one attached hydrogen (secondary N) is 1. The number of carbonyl (C=O) groups is 2. The lowest BCUT2D eigenvalue weighted by Gasteiger charge is -2.38. The van der Waals surface area contributed by atoms with Gasteiger partial charge in [-0.2, -0.15) is 0 Å². The molecule has 0 spiro atoms. The minimum absolute atomic E-state index is 0.0644. The quantitative estimate of drug-likeness (QED) is 0.841. The number of hydrogen-bond acceptors (Lipinski definition) is 4. The first-order valence-electron chi connectivity index (χ1n) is 7.69. The normalized spacial score (nSPS) is 15.5. The number of benzene rings is 1. The van der Waals surface area contributed by atoms with Gasteiger partial charge in [0.2, 0.25) is 5.91 Å². The predicted octanol–water partition coefficient (Wildman–Crippen LogP) is 2.54. The molecule has 0 atom stereocenters. The van der Waals surface area contributed by atoms with E-state index in [0.29, 0.717) is 25.0 Å². The van der Waals surface area contributed by atoms with E-state index in [4.69, 9.17) is 0 Å². The molecule has 5 nitrogen and oxygen atoms in total. The summed E-state index contributed by atoms with van der Waals surface area (Å²) in [5, 5.41) is 14.5. The highest BCUT2D eigenvalue weighted by Crippen LogP contribution is 2.32. The van der Waals surface area contributed by atoms with Crippen molar-refractivity contribution < 1.29 is 19.1 Å². The lowest BCUT2D eigenvalue weighted by molar-refractivity contribution is -0.151. The van der Waals surface area contributed by atoms with Gasteiger partial charge in [-0.05, 0) is 37.0 Å². The van der Waals surface area contributed by atoms with Crippen LogP contribution in [-0.4, -0.2) is 27.5 Å². The largest absolute Gasteiger partial charge is 0.480 e. The molecule has 0 saturated heterocycles. The maximum atomic E-state index is 12.9. The fraction of sp³-hybridized carbons (Fsp3) is 0.353. The van der Waals surface area contributed by atoms with Gasteiger partial charge in [-0.1, -0.05) is 12.1 Å². The Kier molecular flexibility index (Phi) is 4.62. The van der Waals surface area contributed by atoms with E-state index in [9.17, 15) is 19.1 Å². The van der Waals surface area contributed by atoms with E-state index >= 15 is 0 Å². The average Bonchev–Trinajstić information content (AvgIpc) is 2.92. The van der Waals surface area contributed by atoms with Crippen LogP contribution in [0.15, 0.2) is 29.6 Å². The van der Waals surface area contributed by atoms with Crippen LogP contribution in [0.25, 0.3) is 0 Å². The van der Waals surface area contributed by atoms with Crippen LogP contribution < -0.4 is 5.32 Å². The second-order valence-corrected chi connectivity index (χ2v) is 6.94. The summed E-state index contributed by atoms with van der Waals surface area (Å²) in [6.45, 7) is 0. The van der Waals surface area contributed by atoms with Crippen molar-refractivity contribution in [2.45, 2.75) is 37.6 Å². The standard InChI is InChI=1S/C17H17FN2O3S/c18-12-4-2-11(3-5-12)8-15-19-13(10-24-15)9-14(21)20-17(16(22)23)6-1-7-17/h2-5,10H,1,6-9H2,(H,20,21)(H,22,23). The summed E-state index contributed by atoms with van der Waals surface area (Å²) in [6.07, 6.45) is 2.40. The van der Waals surface area contributed by atoms with Crippen LogP contribution in [0.1, 0.15) is 35.5 Å². The number of halogens is 1. The van der Waals surface area contributed by atoms with Crippen LogP contribution in [0, 0.1) is 5.82 Å². The topological polar surface area (TPSA) is 79.3 Å². The monoisotopic (exact) mass is 348 g/mol. The molecule has 0 unspecified atom stereocenters. The molecule has 0 bridgehead atoms. The van der Waals surface area contributed by atoms with Gasteiger partial charge in [0.15, 0.2) is 0 Å². The van der Waals surface area contributed by atoms with E-state index in [2.05, 4.69) is 10.3 Å². The van der Waals surface area contributed by atoms with E-state index in [-0.39, 0.29) is 18.1 Å². The second-order valence-electron chi connectivity index (χ2n) is 6.00. The van der Waals surface area contributed by atoms with Crippen molar-refractivity contribution >= 4 is 23.2 Å². The first-order chi connectivity index (χ1) is 11.5. The minimum Gasteiger partial charge on any atom is -0.480 e. The van der Waals surface area contributed by atoms with E-state index in [1.807, 2.05) is 0 Å². The summed E-state index contributed by atoms with van der Waals surface area (Å²) in [4.78, 5) is 27.7. The molecule has 0 radical (unpaired) electrons. The van der Waals surface area contributed by atoms with Crippen molar-refractivity contribution in [3.05, 3.63) is 51.7 Å². The van der Waals surface area contributed by atoms with Gasteiger partial charge in [0.1, 0.15) is 11.4 Å². The number of aliphatic carboxylic acids is 1. The van der Waals surface area contributed by atoms with E-state index in [1.54, 1.807) is 17.5 Å². The van der Waals surface area contributed by atoms with Gasteiger partial charge in [-0.15, -0.1) is 11.3 Å². The molecule has 2 aromatic rings. The summed E-state index contributed by atoms with van der Waals surface area (Å²) in [7, 11) is 0. The van der Waals surface area contributed by atoms with E-state index in [0.717, 1.165) is 17.0 Å². The maximum absolute atomic E-state index is 12.9. The average molecular weight is 348 g/mol. The number of carboxylic acid groups (broad SMARTS) is 1. The van der Waals surface area contributed by atoms with Gasteiger partial charge in [-0.25, -0.2) is 14.2 Å². The molecule has 1 aromatic carbocycles. The molecule has 1 fully saturated rings. The van der Waals surface area contributed by atoms with Crippen LogP contribution in [0.3, 0.4) is 0 Å². The third-order valence-electron chi connectivity index (χ3n) is 4.20. The SMILES string of the molecule is O=C(Cc1csc(Cc2ccc(F)cc2)n1)NC1(C(=O)O)CCC1. The molecule has 1 heterocycles. The van der Waals surface area contributed by atoms with Crippen molar-refractivity contribution in [1.29, 1.82) is 0 Å². The van der Waals surface area contributed by atoms with Gasteiger partial charge in [-0.3, -0.25) is 4.79 Å². The van der Waals surface area contributed by atoms with Crippen molar-refractivity contribution in [1.82, 2.24) is 10.3 Å². The Morgan fingerprint density at radius 2 is 2.00 bits per heavy atom. The Bertz CT molecular complexity index is 753. The molecule has 24 heavy (non-hydrogen) atoms. The molecule has 1 aromatic heterocycles. The zero-order chi connectivity index (χ0) is 17.2. The number of thiazole rings is 1. The molecular formula is C17H17FN2O3S. The molecule has 0 aliphatic heterocycles. The number of carboxylic acids is 1. The highest BCUT2D eigenvalue weighted by molar-refractivity contribution is 7.09. The zero-order valence-corrected chi connectivity index (χ0v) is 13.7. The lowest BCUT2D eigenvalue weighted by Crippen LogP contribution is -2.59. The van der Waals surface area contributed by atoms with Gasteiger partial charge >= 0.3 is 5.97 Å². The van der Waals surface area contributed by atoms with Gasteiger partial charge in [0, 0.05) is 11.8 Å². The molecule has 2 N–H and O–H groups in total. The molecule has 1 aliphatic carbocycles. The number of carbonyl (C=O) groups excluding carboxylic acids is 1. The Labute approximate surface area is 142 Å². The molecule has 3 rings (SSSR count). The predicted molar refractivity (Wildman–Crippen MR) is 87.4 cm³/mol. The maximum Gasteiger partial charge on any atom is 0.329 e. The molecule has 126 valence electrons. The summed E-state index contributed by atoms with van der Waals surface area (Å²) in [6, 6.07) is 6.22. The zero-order valence-electron chi connectivity index (χ0n) is 12.9. The highest BCUT2D eigenvalue weighted by Gasteiger charge is 2.45. The Morgan fingerprint density at radius 3 is 2.58 bits per heavy atom. The highest BCUT2D eigenvalue weighted by atomic mass is 32.1. The Hall–Kier alpha value is -2.28. The molecule has 7 heteroatoms. The van der Waals surface area contributed by atoms with Gasteiger partial charge in [0.25, 0.3) is 0 Å². The van der Waals surface area contributed by atoms with Gasteiger partial charge in [0.05, 0.1) is 17.1 Å². The van der Waals surface area contributed by atoms with Crippen LogP contribution in [0.2, 0.25) is 0 Å². The fourth-order valence-electron chi connectivity index (χ4n) is 2.69. The smallest absolute Gasteiger partial charge is 0.329 e. The molecular weight excluding hydrogens is 331 g/mol. The first kappa shape index (κ1) is 16.6. The van der Waals surface area contributed by atoms with Crippen LogP contribution in [-0.2, 0) is 22.4 Å². The summed E-state index contributed by atoms with van der Waals surface area (Å²) < 4.78 is 12.9. The Balaban J connectivity index is 1.58. The van der Waals surface area contributed by atoms with Crippen LogP contribution >= 0.6 is 11.3 Å². The third-order valence-corrected chi connectivity index (χ3v) is 5.10. The number of aromatic nitrogens is 1.